The van der Waals surface area contributed by atoms with Gasteiger partial charge in [0, 0.05) is 12.6 Å². The van der Waals surface area contributed by atoms with Crippen molar-refractivity contribution < 1.29 is 17.9 Å². The smallest absolute Gasteiger partial charge is 0.238 e. The minimum absolute atomic E-state index is 0.0763. The highest BCUT2D eigenvalue weighted by Crippen LogP contribution is 2.27. The fourth-order valence-electron chi connectivity index (χ4n) is 1.74. The highest BCUT2D eigenvalue weighted by atomic mass is 32.2. The number of sulfone groups is 1. The monoisotopic (exact) mass is 314 g/mol. The lowest BCUT2D eigenvalue weighted by atomic mass is 10.3. The normalized spacial score (nSPS) is 12.7. The molecule has 1 aromatic rings. The Morgan fingerprint density at radius 3 is 2.62 bits per heavy atom. The summed E-state index contributed by atoms with van der Waals surface area (Å²) in [6.45, 7) is 5.89. The quantitative estimate of drug-likeness (QED) is 0.740. The molecule has 0 saturated carbocycles. The van der Waals surface area contributed by atoms with Crippen molar-refractivity contribution in [2.75, 3.05) is 18.9 Å². The number of ether oxygens (including phenoxy) is 1. The highest BCUT2D eigenvalue weighted by Gasteiger charge is 2.31. The number of nitrogens with one attached hydrogen (secondary N) is 1. The van der Waals surface area contributed by atoms with E-state index in [1.807, 2.05) is 6.92 Å². The molecule has 21 heavy (non-hydrogen) atoms. The van der Waals surface area contributed by atoms with Gasteiger partial charge in [-0.05, 0) is 32.4 Å². The maximum absolute atomic E-state index is 12.5. The lowest BCUT2D eigenvalue weighted by Crippen LogP contribution is -2.38. The maximum Gasteiger partial charge on any atom is 0.238 e. The van der Waals surface area contributed by atoms with E-state index in [4.69, 9.17) is 10.5 Å². The van der Waals surface area contributed by atoms with Crippen LogP contribution >= 0.6 is 0 Å². The summed E-state index contributed by atoms with van der Waals surface area (Å²) < 4.78 is 30.3. The first-order valence-corrected chi connectivity index (χ1v) is 8.43. The lowest BCUT2D eigenvalue weighted by Gasteiger charge is -2.15. The number of hydrogen-bond donors (Lipinski definition) is 2. The minimum atomic E-state index is -3.86. The number of benzene rings is 1. The summed E-state index contributed by atoms with van der Waals surface area (Å²) in [5.74, 6) is -0.121. The Kier molecular flexibility index (Phi) is 6.02. The fourth-order valence-corrected chi connectivity index (χ4v) is 3.16. The largest absolute Gasteiger partial charge is 0.494 e. The van der Waals surface area contributed by atoms with E-state index in [1.165, 1.54) is 19.1 Å². The van der Waals surface area contributed by atoms with Crippen molar-refractivity contribution in [3.05, 3.63) is 18.2 Å². The molecule has 0 aliphatic heterocycles. The third kappa shape index (κ3) is 4.10. The van der Waals surface area contributed by atoms with Crippen LogP contribution in [-0.2, 0) is 14.6 Å². The van der Waals surface area contributed by atoms with Crippen molar-refractivity contribution in [3.8, 4) is 5.75 Å². The Morgan fingerprint density at radius 1 is 1.38 bits per heavy atom. The molecule has 0 heterocycles. The van der Waals surface area contributed by atoms with Crippen LogP contribution in [0.3, 0.4) is 0 Å². The predicted molar refractivity (Wildman–Crippen MR) is 82.0 cm³/mol. The average Bonchev–Trinajstić information content (AvgIpc) is 2.45. The van der Waals surface area contributed by atoms with E-state index in [-0.39, 0.29) is 10.6 Å². The summed E-state index contributed by atoms with van der Waals surface area (Å²) in [6.07, 6.45) is 0.737. The van der Waals surface area contributed by atoms with Crippen molar-refractivity contribution in [2.45, 2.75) is 37.3 Å². The van der Waals surface area contributed by atoms with Gasteiger partial charge in [0.1, 0.15) is 11.0 Å². The van der Waals surface area contributed by atoms with Crippen molar-refractivity contribution in [1.82, 2.24) is 5.32 Å². The van der Waals surface area contributed by atoms with Crippen molar-refractivity contribution in [3.63, 3.8) is 0 Å². The van der Waals surface area contributed by atoms with Crippen LogP contribution in [-0.4, -0.2) is 32.7 Å². The molecule has 1 amide bonds. The molecule has 7 heteroatoms. The molecule has 0 aliphatic rings. The molecule has 118 valence electrons. The SMILES string of the molecule is CCCNC(=O)C(C)S(=O)(=O)c1cc(OCC)ccc1N. The van der Waals surface area contributed by atoms with E-state index in [0.29, 0.717) is 18.9 Å². The van der Waals surface area contributed by atoms with Crippen LogP contribution < -0.4 is 15.8 Å². The zero-order valence-corrected chi connectivity index (χ0v) is 13.4. The number of rotatable bonds is 7. The van der Waals surface area contributed by atoms with Gasteiger partial charge < -0.3 is 15.8 Å². The van der Waals surface area contributed by atoms with Crippen molar-refractivity contribution in [1.29, 1.82) is 0 Å². The van der Waals surface area contributed by atoms with E-state index in [1.54, 1.807) is 13.0 Å². The van der Waals surface area contributed by atoms with Crippen LogP contribution in [0, 0.1) is 0 Å². The number of nitrogen functional groups attached to an aromatic ring is 1. The molecule has 1 unspecified atom stereocenters. The standard InChI is InChI=1S/C14H22N2O4S/c1-4-8-16-14(17)10(3)21(18,19)13-9-11(20-5-2)6-7-12(13)15/h6-7,9-10H,4-5,8,15H2,1-3H3,(H,16,17). The van der Waals surface area contributed by atoms with Gasteiger partial charge in [0.15, 0.2) is 9.84 Å². The fraction of sp³-hybridized carbons (Fsp3) is 0.500. The molecule has 0 aromatic heterocycles. The number of anilines is 1. The summed E-state index contributed by atoms with van der Waals surface area (Å²) in [4.78, 5) is 11.8. The molecule has 6 nitrogen and oxygen atoms in total. The maximum atomic E-state index is 12.5. The Labute approximate surface area is 125 Å². The second kappa shape index (κ2) is 7.31. The summed E-state index contributed by atoms with van der Waals surface area (Å²) in [5.41, 5.74) is 5.85. The van der Waals surface area contributed by atoms with Crippen molar-refractivity contribution >= 4 is 21.4 Å². The van der Waals surface area contributed by atoms with Gasteiger partial charge in [0.25, 0.3) is 0 Å². The van der Waals surface area contributed by atoms with Gasteiger partial charge in [-0.3, -0.25) is 4.79 Å². The summed E-state index contributed by atoms with van der Waals surface area (Å²) in [5, 5.41) is 1.37. The summed E-state index contributed by atoms with van der Waals surface area (Å²) in [7, 11) is -3.86. The highest BCUT2D eigenvalue weighted by molar-refractivity contribution is 7.93. The van der Waals surface area contributed by atoms with Crippen LogP contribution in [0.2, 0.25) is 0 Å². The number of hydrogen-bond acceptors (Lipinski definition) is 5. The number of nitrogens with two attached hydrogens (primary N) is 1. The second-order valence-corrected chi connectivity index (χ2v) is 6.85. The third-order valence-electron chi connectivity index (χ3n) is 2.99. The Balaban J connectivity index is 3.11. The summed E-state index contributed by atoms with van der Waals surface area (Å²) >= 11 is 0. The minimum Gasteiger partial charge on any atom is -0.494 e. The van der Waals surface area contributed by atoms with Gasteiger partial charge in [-0.15, -0.1) is 0 Å². The Bertz CT molecular complexity index is 599. The Hall–Kier alpha value is -1.76. The lowest BCUT2D eigenvalue weighted by molar-refractivity contribution is -0.120. The first-order valence-electron chi connectivity index (χ1n) is 6.88. The zero-order valence-electron chi connectivity index (χ0n) is 12.5. The van der Waals surface area contributed by atoms with Crippen LogP contribution in [0.1, 0.15) is 27.2 Å². The van der Waals surface area contributed by atoms with Crippen LogP contribution in [0.5, 0.6) is 5.75 Å². The molecule has 3 N–H and O–H groups in total. The molecule has 0 spiro atoms. The summed E-state index contributed by atoms with van der Waals surface area (Å²) in [6, 6.07) is 4.42. The molecule has 0 fully saturated rings. The molecule has 1 rings (SSSR count). The molecule has 0 bridgehead atoms. The van der Waals surface area contributed by atoms with Crippen molar-refractivity contribution in [2.24, 2.45) is 0 Å². The van der Waals surface area contributed by atoms with Gasteiger partial charge in [0.2, 0.25) is 5.91 Å². The molecule has 0 saturated heterocycles. The van der Waals surface area contributed by atoms with Crippen LogP contribution in [0.4, 0.5) is 5.69 Å². The first kappa shape index (κ1) is 17.3. The zero-order chi connectivity index (χ0) is 16.0. The topological polar surface area (TPSA) is 98.5 Å². The van der Waals surface area contributed by atoms with Gasteiger partial charge in [-0.1, -0.05) is 6.92 Å². The molecular weight excluding hydrogens is 292 g/mol. The van der Waals surface area contributed by atoms with E-state index in [2.05, 4.69) is 5.32 Å². The number of carbonyl (C=O) groups excluding carboxylic acids is 1. The van der Waals surface area contributed by atoms with Gasteiger partial charge in [-0.2, -0.15) is 0 Å². The molecule has 1 aromatic carbocycles. The predicted octanol–water partition coefficient (Wildman–Crippen LogP) is 1.36. The van der Waals surface area contributed by atoms with E-state index >= 15 is 0 Å². The molecule has 0 aliphatic carbocycles. The van der Waals surface area contributed by atoms with E-state index in [9.17, 15) is 13.2 Å². The first-order chi connectivity index (χ1) is 9.84. The van der Waals surface area contributed by atoms with Crippen LogP contribution in [0.25, 0.3) is 0 Å². The molecule has 1 atom stereocenters. The molecule has 0 radical (unpaired) electrons. The Morgan fingerprint density at radius 2 is 2.05 bits per heavy atom. The number of amides is 1. The average molecular weight is 314 g/mol. The second-order valence-electron chi connectivity index (χ2n) is 4.61. The van der Waals surface area contributed by atoms with Gasteiger partial charge in [0.05, 0.1) is 17.2 Å². The van der Waals surface area contributed by atoms with E-state index in [0.717, 1.165) is 6.42 Å². The van der Waals surface area contributed by atoms with E-state index < -0.39 is 21.0 Å². The van der Waals surface area contributed by atoms with Crippen LogP contribution in [0.15, 0.2) is 23.1 Å². The third-order valence-corrected chi connectivity index (χ3v) is 5.10. The number of carbonyl (C=O) groups is 1. The molecular formula is C14H22N2O4S. The van der Waals surface area contributed by atoms with Gasteiger partial charge >= 0.3 is 0 Å². The van der Waals surface area contributed by atoms with Gasteiger partial charge in [-0.25, -0.2) is 8.42 Å².